The molecule has 1 aliphatic heterocycles. The van der Waals surface area contributed by atoms with E-state index in [1.54, 1.807) is 6.92 Å². The van der Waals surface area contributed by atoms with Crippen molar-refractivity contribution in [3.63, 3.8) is 0 Å². The molecule has 1 aliphatic carbocycles. The van der Waals surface area contributed by atoms with Crippen molar-refractivity contribution in [3.05, 3.63) is 0 Å². The van der Waals surface area contributed by atoms with E-state index in [1.807, 2.05) is 9.80 Å². The fourth-order valence-electron chi connectivity index (χ4n) is 3.52. The van der Waals surface area contributed by atoms with Crippen LogP contribution in [-0.2, 0) is 4.79 Å². The first-order valence-electron chi connectivity index (χ1n) is 8.95. The van der Waals surface area contributed by atoms with Crippen molar-refractivity contribution in [2.45, 2.75) is 58.3 Å². The molecule has 126 valence electrons. The molecule has 0 bridgehead atoms. The third-order valence-electron chi connectivity index (χ3n) is 5.00. The molecule has 2 fully saturated rings. The van der Waals surface area contributed by atoms with Gasteiger partial charge in [0.25, 0.3) is 0 Å². The van der Waals surface area contributed by atoms with Gasteiger partial charge >= 0.3 is 6.03 Å². The quantitative estimate of drug-likeness (QED) is 0.852. The predicted octanol–water partition coefficient (Wildman–Crippen LogP) is 2.61. The molecular formula is C17H31N3O2. The molecule has 0 spiro atoms. The van der Waals surface area contributed by atoms with E-state index in [4.69, 9.17) is 0 Å². The molecule has 0 aromatic carbocycles. The Morgan fingerprint density at radius 2 is 1.45 bits per heavy atom. The smallest absolute Gasteiger partial charge is 0.317 e. The molecule has 5 nitrogen and oxygen atoms in total. The zero-order valence-corrected chi connectivity index (χ0v) is 14.0. The van der Waals surface area contributed by atoms with Gasteiger partial charge in [-0.25, -0.2) is 4.79 Å². The molecule has 0 aromatic rings. The number of carbonyl (C=O) groups is 2. The van der Waals surface area contributed by atoms with Crippen LogP contribution in [-0.4, -0.2) is 54.5 Å². The average Bonchev–Trinajstić information content (AvgIpc) is 2.71. The zero-order chi connectivity index (χ0) is 15.8. The Morgan fingerprint density at radius 1 is 0.864 bits per heavy atom. The second-order valence-corrected chi connectivity index (χ2v) is 6.74. The van der Waals surface area contributed by atoms with Gasteiger partial charge in [-0.05, 0) is 25.2 Å². The highest BCUT2D eigenvalue weighted by Gasteiger charge is 2.21. The van der Waals surface area contributed by atoms with E-state index in [2.05, 4.69) is 5.32 Å². The van der Waals surface area contributed by atoms with Crippen molar-refractivity contribution in [1.82, 2.24) is 15.1 Å². The Labute approximate surface area is 134 Å². The van der Waals surface area contributed by atoms with Crippen LogP contribution in [0.5, 0.6) is 0 Å². The lowest BCUT2D eigenvalue weighted by atomic mass is 9.91. The number of hydrogen-bond donors (Lipinski definition) is 1. The summed E-state index contributed by atoms with van der Waals surface area (Å²) in [7, 11) is 0. The van der Waals surface area contributed by atoms with E-state index in [0.29, 0.717) is 19.0 Å². The fourth-order valence-corrected chi connectivity index (χ4v) is 3.52. The van der Waals surface area contributed by atoms with Crippen LogP contribution in [0.4, 0.5) is 4.79 Å². The van der Waals surface area contributed by atoms with Gasteiger partial charge in [0.05, 0.1) is 0 Å². The SMILES string of the molecule is CC(=O)N1CCCN(C(=O)NCC2CCCCCCC2)CC1. The summed E-state index contributed by atoms with van der Waals surface area (Å²) in [6, 6.07) is 0.0486. The van der Waals surface area contributed by atoms with Crippen LogP contribution in [0.25, 0.3) is 0 Å². The van der Waals surface area contributed by atoms with Crippen LogP contribution in [0, 0.1) is 5.92 Å². The third kappa shape index (κ3) is 5.50. The molecule has 5 heteroatoms. The zero-order valence-electron chi connectivity index (χ0n) is 14.0. The summed E-state index contributed by atoms with van der Waals surface area (Å²) in [5.41, 5.74) is 0. The van der Waals surface area contributed by atoms with Gasteiger partial charge in [0.15, 0.2) is 0 Å². The molecule has 1 heterocycles. The van der Waals surface area contributed by atoms with E-state index < -0.39 is 0 Å². The van der Waals surface area contributed by atoms with E-state index in [1.165, 1.54) is 44.9 Å². The summed E-state index contributed by atoms with van der Waals surface area (Å²) >= 11 is 0. The normalized spacial score (nSPS) is 21.7. The first-order chi connectivity index (χ1) is 10.7. The molecule has 2 aliphatic rings. The van der Waals surface area contributed by atoms with Crippen LogP contribution < -0.4 is 5.32 Å². The lowest BCUT2D eigenvalue weighted by Crippen LogP contribution is -2.44. The molecule has 0 unspecified atom stereocenters. The van der Waals surface area contributed by atoms with Crippen LogP contribution in [0.1, 0.15) is 58.3 Å². The summed E-state index contributed by atoms with van der Waals surface area (Å²) in [4.78, 5) is 27.5. The maximum atomic E-state index is 12.3. The Balaban J connectivity index is 1.73. The van der Waals surface area contributed by atoms with Gasteiger partial charge in [-0.1, -0.05) is 32.1 Å². The van der Waals surface area contributed by atoms with Gasteiger partial charge in [0, 0.05) is 39.6 Å². The van der Waals surface area contributed by atoms with Crippen molar-refractivity contribution in [2.75, 3.05) is 32.7 Å². The molecule has 1 saturated carbocycles. The molecule has 1 N–H and O–H groups in total. The summed E-state index contributed by atoms with van der Waals surface area (Å²) in [5, 5.41) is 3.13. The molecule has 22 heavy (non-hydrogen) atoms. The highest BCUT2D eigenvalue weighted by atomic mass is 16.2. The minimum Gasteiger partial charge on any atom is -0.341 e. The number of carbonyl (C=O) groups excluding carboxylic acids is 2. The number of nitrogens with one attached hydrogen (secondary N) is 1. The summed E-state index contributed by atoms with van der Waals surface area (Å²) in [6.45, 7) is 5.24. The predicted molar refractivity (Wildman–Crippen MR) is 87.7 cm³/mol. The standard InChI is InChI=1S/C17H31N3O2/c1-15(21)19-10-7-11-20(13-12-19)17(22)18-14-16-8-5-3-2-4-6-9-16/h16H,2-14H2,1H3,(H,18,22). The Kier molecular flexibility index (Phi) is 7.00. The Bertz CT molecular complexity index is 365. The molecule has 0 aromatic heterocycles. The largest absolute Gasteiger partial charge is 0.341 e. The minimum absolute atomic E-state index is 0.0486. The molecule has 0 atom stereocenters. The molecule has 1 saturated heterocycles. The minimum atomic E-state index is 0.0486. The second kappa shape index (κ2) is 9.01. The van der Waals surface area contributed by atoms with Crippen LogP contribution in [0.2, 0.25) is 0 Å². The van der Waals surface area contributed by atoms with Gasteiger partial charge in [0.2, 0.25) is 5.91 Å². The molecule has 3 amide bonds. The summed E-state index contributed by atoms with van der Waals surface area (Å²) < 4.78 is 0. The number of nitrogens with zero attached hydrogens (tertiary/aromatic N) is 2. The number of hydrogen-bond acceptors (Lipinski definition) is 2. The van der Waals surface area contributed by atoms with Gasteiger partial charge in [-0.3, -0.25) is 4.79 Å². The van der Waals surface area contributed by atoms with E-state index in [-0.39, 0.29) is 11.9 Å². The average molecular weight is 309 g/mol. The van der Waals surface area contributed by atoms with Crippen molar-refractivity contribution >= 4 is 11.9 Å². The van der Waals surface area contributed by atoms with E-state index in [0.717, 1.165) is 26.1 Å². The van der Waals surface area contributed by atoms with Gasteiger partial charge in [-0.2, -0.15) is 0 Å². The fraction of sp³-hybridized carbons (Fsp3) is 0.882. The molecule has 0 radical (unpaired) electrons. The van der Waals surface area contributed by atoms with Crippen molar-refractivity contribution in [1.29, 1.82) is 0 Å². The monoisotopic (exact) mass is 309 g/mol. The molecular weight excluding hydrogens is 278 g/mol. The maximum Gasteiger partial charge on any atom is 0.317 e. The highest BCUT2D eigenvalue weighted by molar-refractivity contribution is 5.75. The topological polar surface area (TPSA) is 52.7 Å². The Morgan fingerprint density at radius 3 is 2.14 bits per heavy atom. The van der Waals surface area contributed by atoms with Crippen LogP contribution in [0.15, 0.2) is 0 Å². The second-order valence-electron chi connectivity index (χ2n) is 6.74. The van der Waals surface area contributed by atoms with Crippen molar-refractivity contribution in [2.24, 2.45) is 5.92 Å². The number of amides is 3. The number of rotatable bonds is 2. The van der Waals surface area contributed by atoms with Crippen molar-refractivity contribution < 1.29 is 9.59 Å². The van der Waals surface area contributed by atoms with Crippen LogP contribution >= 0.6 is 0 Å². The summed E-state index contributed by atoms with van der Waals surface area (Å²) in [5.74, 6) is 0.752. The van der Waals surface area contributed by atoms with Crippen LogP contribution in [0.3, 0.4) is 0 Å². The van der Waals surface area contributed by atoms with Gasteiger partial charge < -0.3 is 15.1 Å². The van der Waals surface area contributed by atoms with Crippen molar-refractivity contribution in [3.8, 4) is 0 Å². The maximum absolute atomic E-state index is 12.3. The number of urea groups is 1. The lowest BCUT2D eigenvalue weighted by molar-refractivity contribution is -0.128. The van der Waals surface area contributed by atoms with Gasteiger partial charge in [0.1, 0.15) is 0 Å². The summed E-state index contributed by atoms with van der Waals surface area (Å²) in [6.07, 6.45) is 10.0. The van der Waals surface area contributed by atoms with E-state index in [9.17, 15) is 9.59 Å². The first-order valence-corrected chi connectivity index (χ1v) is 8.95. The highest BCUT2D eigenvalue weighted by Crippen LogP contribution is 2.21. The Hall–Kier alpha value is -1.26. The lowest BCUT2D eigenvalue weighted by Gasteiger charge is -2.24. The van der Waals surface area contributed by atoms with E-state index >= 15 is 0 Å². The third-order valence-corrected chi connectivity index (χ3v) is 5.00. The molecule has 2 rings (SSSR count). The first kappa shape index (κ1) is 17.1. The van der Waals surface area contributed by atoms with Gasteiger partial charge in [-0.15, -0.1) is 0 Å².